The molecule has 0 saturated carbocycles. The molecule has 0 bridgehead atoms. The molecule has 94 valence electrons. The van der Waals surface area contributed by atoms with Crippen molar-refractivity contribution in [3.05, 3.63) is 41.5 Å². The van der Waals surface area contributed by atoms with Crippen molar-refractivity contribution < 1.29 is 13.9 Å². The second-order valence-corrected chi connectivity index (χ2v) is 5.10. The summed E-state index contributed by atoms with van der Waals surface area (Å²) in [5.74, 6) is 0.207. The molecule has 0 heterocycles. The van der Waals surface area contributed by atoms with Crippen LogP contribution in [0.15, 0.2) is 30.4 Å². The molecule has 0 spiro atoms. The Balaban J connectivity index is 2.93. The molecule has 3 nitrogen and oxygen atoms in total. The summed E-state index contributed by atoms with van der Waals surface area (Å²) in [6, 6.07) is 4.94. The van der Waals surface area contributed by atoms with Crippen LogP contribution in [0.3, 0.4) is 0 Å². The monoisotopic (exact) mass is 253 g/mol. The first-order valence-corrected chi connectivity index (χ1v) is 6.75. The summed E-state index contributed by atoms with van der Waals surface area (Å²) in [4.78, 5) is 0. The molecule has 2 unspecified atom stereocenters. The van der Waals surface area contributed by atoms with E-state index in [9.17, 15) is 13.9 Å². The first kappa shape index (κ1) is 13.9. The second kappa shape index (κ2) is 6.57. The number of aromatic hydroxyl groups is 1. The summed E-state index contributed by atoms with van der Waals surface area (Å²) >= 11 is -2.13. The first-order chi connectivity index (χ1) is 8.06. The van der Waals surface area contributed by atoms with Crippen molar-refractivity contribution in [1.82, 2.24) is 0 Å². The van der Waals surface area contributed by atoms with Crippen molar-refractivity contribution in [2.75, 3.05) is 0 Å². The molecule has 17 heavy (non-hydrogen) atoms. The van der Waals surface area contributed by atoms with Gasteiger partial charge in [-0.2, -0.15) is 0 Å². The molecule has 0 aliphatic carbocycles. The van der Waals surface area contributed by atoms with Crippen molar-refractivity contribution in [3.63, 3.8) is 0 Å². The summed E-state index contributed by atoms with van der Waals surface area (Å²) in [6.07, 6.45) is 5.55. The predicted octanol–water partition coefficient (Wildman–Crippen LogP) is 2.84. The molecule has 0 fully saturated rings. The number of rotatable bonds is 5. The highest BCUT2D eigenvalue weighted by molar-refractivity contribution is 7.79. The second-order valence-electron chi connectivity index (χ2n) is 3.87. The van der Waals surface area contributed by atoms with Gasteiger partial charge in [-0.25, -0.2) is 0 Å². The number of phenols is 1. The third kappa shape index (κ3) is 3.98. The van der Waals surface area contributed by atoms with E-state index < -0.39 is 16.3 Å². The van der Waals surface area contributed by atoms with Crippen molar-refractivity contribution in [3.8, 4) is 5.75 Å². The fourth-order valence-corrected chi connectivity index (χ4v) is 1.88. The Hall–Kier alpha value is -1.13. The average Bonchev–Trinajstić information content (AvgIpc) is 2.30. The molecule has 0 aliphatic rings. The van der Waals surface area contributed by atoms with Crippen LogP contribution in [0.1, 0.15) is 36.6 Å². The van der Waals surface area contributed by atoms with E-state index in [1.54, 1.807) is 25.1 Å². The Morgan fingerprint density at radius 3 is 2.76 bits per heavy atom. The predicted molar refractivity (Wildman–Crippen MR) is 68.6 cm³/mol. The van der Waals surface area contributed by atoms with Gasteiger partial charge in [0, 0.05) is 5.25 Å². The van der Waals surface area contributed by atoms with Gasteiger partial charge < -0.3 is 9.66 Å². The molecule has 1 N–H and O–H groups in total. The first-order valence-electron chi connectivity index (χ1n) is 5.61. The number of allylic oxidation sites excluding steroid dienone is 2. The fourth-order valence-electron chi connectivity index (χ4n) is 1.51. The minimum absolute atomic E-state index is 0.207. The van der Waals surface area contributed by atoms with Crippen molar-refractivity contribution in [2.24, 2.45) is 0 Å². The molecule has 0 aliphatic heterocycles. The van der Waals surface area contributed by atoms with E-state index >= 15 is 0 Å². The van der Waals surface area contributed by atoms with Crippen LogP contribution in [0, 0.1) is 0 Å². The molecule has 1 rings (SSSR count). The molecule has 1 aromatic rings. The van der Waals surface area contributed by atoms with Crippen LogP contribution in [0.5, 0.6) is 5.75 Å². The Bertz CT molecular complexity index is 427. The Labute approximate surface area is 104 Å². The lowest BCUT2D eigenvalue weighted by atomic mass is 10.0. The van der Waals surface area contributed by atoms with E-state index in [1.807, 2.05) is 19.1 Å². The molecular weight excluding hydrogens is 236 g/mol. The topological polar surface area (TPSA) is 60.4 Å². The van der Waals surface area contributed by atoms with Crippen LogP contribution in [0.2, 0.25) is 0 Å². The highest BCUT2D eigenvalue weighted by atomic mass is 32.2. The van der Waals surface area contributed by atoms with Gasteiger partial charge in [0.05, 0.1) is 0 Å². The smallest absolute Gasteiger partial charge is 0.119 e. The lowest BCUT2D eigenvalue weighted by molar-refractivity contribution is 0.469. The highest BCUT2D eigenvalue weighted by Crippen LogP contribution is 2.25. The van der Waals surface area contributed by atoms with E-state index in [4.69, 9.17) is 0 Å². The van der Waals surface area contributed by atoms with Crippen LogP contribution in [0.25, 0.3) is 0 Å². The molecule has 0 saturated heterocycles. The SMILES string of the molecule is CCC=CCc1cc(C(C)S(=O)[O-])ccc1O. The van der Waals surface area contributed by atoms with Gasteiger partial charge in [0.25, 0.3) is 0 Å². The Morgan fingerprint density at radius 2 is 2.18 bits per heavy atom. The number of hydrogen-bond acceptors (Lipinski definition) is 3. The summed E-state index contributed by atoms with van der Waals surface area (Å²) in [6.45, 7) is 3.66. The van der Waals surface area contributed by atoms with Crippen LogP contribution >= 0.6 is 0 Å². The van der Waals surface area contributed by atoms with Gasteiger partial charge in [0.15, 0.2) is 0 Å². The van der Waals surface area contributed by atoms with Gasteiger partial charge in [0.1, 0.15) is 5.75 Å². The maximum atomic E-state index is 10.9. The third-order valence-electron chi connectivity index (χ3n) is 2.60. The largest absolute Gasteiger partial charge is 0.772 e. The molecule has 1 aromatic carbocycles. The quantitative estimate of drug-likeness (QED) is 0.648. The standard InChI is InChI=1S/C13H18O3S/c1-3-4-5-6-12-9-11(7-8-13(12)14)10(2)17(15)16/h4-5,7-10,14H,3,6H2,1-2H3,(H,15,16)/p-1. The lowest BCUT2D eigenvalue weighted by Crippen LogP contribution is -2.01. The summed E-state index contributed by atoms with van der Waals surface area (Å²) in [5, 5.41) is 9.12. The van der Waals surface area contributed by atoms with Crippen LogP contribution < -0.4 is 0 Å². The molecule has 0 amide bonds. The van der Waals surface area contributed by atoms with Crippen molar-refractivity contribution in [1.29, 1.82) is 0 Å². The number of hydrogen-bond donors (Lipinski definition) is 1. The number of benzene rings is 1. The zero-order valence-electron chi connectivity index (χ0n) is 10.1. The maximum absolute atomic E-state index is 10.9. The fraction of sp³-hybridized carbons (Fsp3) is 0.385. The maximum Gasteiger partial charge on any atom is 0.119 e. The highest BCUT2D eigenvalue weighted by Gasteiger charge is 2.08. The Kier molecular flexibility index (Phi) is 5.38. The summed E-state index contributed by atoms with van der Waals surface area (Å²) < 4.78 is 21.8. The van der Waals surface area contributed by atoms with Crippen LogP contribution in [-0.4, -0.2) is 13.9 Å². The van der Waals surface area contributed by atoms with Crippen LogP contribution in [-0.2, 0) is 17.5 Å². The summed E-state index contributed by atoms with van der Waals surface area (Å²) in [5.41, 5.74) is 1.46. The van der Waals surface area contributed by atoms with Gasteiger partial charge in [0.2, 0.25) is 0 Å². The van der Waals surface area contributed by atoms with E-state index in [0.717, 1.165) is 12.0 Å². The Morgan fingerprint density at radius 1 is 1.47 bits per heavy atom. The zero-order valence-corrected chi connectivity index (χ0v) is 10.9. The molecule has 0 radical (unpaired) electrons. The molecular formula is C13H17O3S-. The summed E-state index contributed by atoms with van der Waals surface area (Å²) in [7, 11) is 0. The zero-order chi connectivity index (χ0) is 12.8. The number of phenolic OH excluding ortho intramolecular Hbond substituents is 1. The third-order valence-corrected chi connectivity index (χ3v) is 3.45. The van der Waals surface area contributed by atoms with Crippen LogP contribution in [0.4, 0.5) is 0 Å². The molecule has 2 atom stereocenters. The van der Waals surface area contributed by atoms with E-state index in [0.29, 0.717) is 12.0 Å². The average molecular weight is 253 g/mol. The van der Waals surface area contributed by atoms with E-state index in [2.05, 4.69) is 0 Å². The van der Waals surface area contributed by atoms with Gasteiger partial charge in [-0.05, 0) is 48.0 Å². The van der Waals surface area contributed by atoms with Gasteiger partial charge in [-0.1, -0.05) is 31.2 Å². The van der Waals surface area contributed by atoms with Gasteiger partial charge in [-0.3, -0.25) is 4.21 Å². The van der Waals surface area contributed by atoms with Gasteiger partial charge >= 0.3 is 0 Å². The van der Waals surface area contributed by atoms with E-state index in [1.165, 1.54) is 0 Å². The van der Waals surface area contributed by atoms with Crippen molar-refractivity contribution in [2.45, 2.75) is 31.9 Å². The normalized spacial score (nSPS) is 15.0. The minimum Gasteiger partial charge on any atom is -0.772 e. The van der Waals surface area contributed by atoms with Gasteiger partial charge in [-0.15, -0.1) is 0 Å². The molecule has 4 heteroatoms. The molecule has 0 aromatic heterocycles. The lowest BCUT2D eigenvalue weighted by Gasteiger charge is -2.16. The minimum atomic E-state index is -2.13. The van der Waals surface area contributed by atoms with Crippen molar-refractivity contribution >= 4 is 11.1 Å². The van der Waals surface area contributed by atoms with E-state index in [-0.39, 0.29) is 5.75 Å².